The number of rotatable bonds is 11. The molecule has 0 aromatic heterocycles. The Morgan fingerprint density at radius 3 is 2.56 bits per heavy atom. The highest BCUT2D eigenvalue weighted by Crippen LogP contribution is 2.28. The largest absolute Gasteiger partial charge is 0.493 e. The van der Waals surface area contributed by atoms with E-state index in [1.807, 2.05) is 18.2 Å². The van der Waals surface area contributed by atoms with E-state index in [4.69, 9.17) is 9.47 Å². The summed E-state index contributed by atoms with van der Waals surface area (Å²) >= 11 is 0. The standard InChI is InChI=1S/C26H35N3O3/c1-3-20-32-24-12-10-22(21-25(24)31-2)11-13-26(30)27-14-7-15-28-16-18-29(19-17-28)23-8-5-4-6-9-23/h4-6,8-13,21H,3,7,14-20H2,1-2H3,(H,27,30)/b13-11+. The lowest BCUT2D eigenvalue weighted by atomic mass is 10.2. The molecule has 172 valence electrons. The molecule has 1 aliphatic heterocycles. The van der Waals surface area contributed by atoms with Gasteiger partial charge in [-0.15, -0.1) is 0 Å². The van der Waals surface area contributed by atoms with Gasteiger partial charge in [0.2, 0.25) is 5.91 Å². The molecular weight excluding hydrogens is 402 g/mol. The number of nitrogens with zero attached hydrogens (tertiary/aromatic N) is 2. The van der Waals surface area contributed by atoms with Crippen LogP contribution < -0.4 is 19.7 Å². The van der Waals surface area contributed by atoms with Crippen molar-refractivity contribution >= 4 is 17.7 Å². The van der Waals surface area contributed by atoms with E-state index in [9.17, 15) is 4.79 Å². The van der Waals surface area contributed by atoms with Crippen LogP contribution in [0, 0.1) is 0 Å². The fourth-order valence-electron chi connectivity index (χ4n) is 3.73. The van der Waals surface area contributed by atoms with E-state index in [-0.39, 0.29) is 5.91 Å². The molecule has 2 aromatic rings. The molecule has 0 aliphatic carbocycles. The molecular formula is C26H35N3O3. The van der Waals surface area contributed by atoms with Gasteiger partial charge in [-0.05, 0) is 55.3 Å². The molecule has 2 aromatic carbocycles. The van der Waals surface area contributed by atoms with Gasteiger partial charge in [-0.25, -0.2) is 0 Å². The van der Waals surface area contributed by atoms with Crippen molar-refractivity contribution in [2.24, 2.45) is 0 Å². The van der Waals surface area contributed by atoms with Crippen LogP contribution in [0.25, 0.3) is 6.08 Å². The second kappa shape index (κ2) is 12.8. The predicted molar refractivity (Wildman–Crippen MR) is 131 cm³/mol. The van der Waals surface area contributed by atoms with E-state index in [1.165, 1.54) is 5.69 Å². The minimum Gasteiger partial charge on any atom is -0.493 e. The van der Waals surface area contributed by atoms with Gasteiger partial charge in [-0.1, -0.05) is 31.2 Å². The third-order valence-corrected chi connectivity index (χ3v) is 5.52. The molecule has 1 aliphatic rings. The van der Waals surface area contributed by atoms with Crippen molar-refractivity contribution in [3.8, 4) is 11.5 Å². The van der Waals surface area contributed by atoms with Crippen LogP contribution in [0.3, 0.4) is 0 Å². The Bertz CT molecular complexity index is 862. The summed E-state index contributed by atoms with van der Waals surface area (Å²) in [6, 6.07) is 16.3. The minimum atomic E-state index is -0.0795. The number of carbonyl (C=O) groups excluding carboxylic acids is 1. The summed E-state index contributed by atoms with van der Waals surface area (Å²) in [5, 5.41) is 2.98. The fraction of sp³-hybridized carbons (Fsp3) is 0.423. The number of benzene rings is 2. The first-order valence-electron chi connectivity index (χ1n) is 11.5. The molecule has 1 saturated heterocycles. The molecule has 1 N–H and O–H groups in total. The molecule has 1 heterocycles. The summed E-state index contributed by atoms with van der Waals surface area (Å²) in [5.74, 6) is 1.32. The molecule has 0 spiro atoms. The molecule has 0 saturated carbocycles. The Balaban J connectivity index is 1.34. The topological polar surface area (TPSA) is 54.0 Å². The molecule has 3 rings (SSSR count). The molecule has 6 heteroatoms. The molecule has 0 atom stereocenters. The third kappa shape index (κ3) is 7.31. The number of piperazine rings is 1. The summed E-state index contributed by atoms with van der Waals surface area (Å²) in [4.78, 5) is 17.1. The molecule has 0 radical (unpaired) electrons. The van der Waals surface area contributed by atoms with Gasteiger partial charge in [0, 0.05) is 44.5 Å². The van der Waals surface area contributed by atoms with Gasteiger partial charge < -0.3 is 19.7 Å². The van der Waals surface area contributed by atoms with E-state index in [1.54, 1.807) is 19.3 Å². The summed E-state index contributed by atoms with van der Waals surface area (Å²) in [6.45, 7) is 8.60. The van der Waals surface area contributed by atoms with Crippen molar-refractivity contribution in [2.45, 2.75) is 19.8 Å². The van der Waals surface area contributed by atoms with Gasteiger partial charge in [-0.2, -0.15) is 0 Å². The lowest BCUT2D eigenvalue weighted by molar-refractivity contribution is -0.116. The van der Waals surface area contributed by atoms with Crippen LogP contribution in [0.1, 0.15) is 25.3 Å². The zero-order valence-corrected chi connectivity index (χ0v) is 19.3. The first-order chi connectivity index (χ1) is 15.7. The molecule has 6 nitrogen and oxygen atoms in total. The number of carbonyl (C=O) groups is 1. The Hall–Kier alpha value is -2.99. The van der Waals surface area contributed by atoms with Gasteiger partial charge in [-0.3, -0.25) is 9.69 Å². The van der Waals surface area contributed by atoms with Crippen molar-refractivity contribution in [2.75, 3.05) is 57.9 Å². The quantitative estimate of drug-likeness (QED) is 0.428. The van der Waals surface area contributed by atoms with Crippen molar-refractivity contribution in [1.29, 1.82) is 0 Å². The Labute approximate surface area is 191 Å². The highest BCUT2D eigenvalue weighted by atomic mass is 16.5. The van der Waals surface area contributed by atoms with Crippen LogP contribution >= 0.6 is 0 Å². The van der Waals surface area contributed by atoms with Crippen molar-refractivity contribution < 1.29 is 14.3 Å². The number of para-hydroxylation sites is 1. The maximum Gasteiger partial charge on any atom is 0.243 e. The number of hydrogen-bond acceptors (Lipinski definition) is 5. The van der Waals surface area contributed by atoms with E-state index in [2.05, 4.69) is 52.4 Å². The zero-order valence-electron chi connectivity index (χ0n) is 19.3. The van der Waals surface area contributed by atoms with Crippen molar-refractivity contribution in [3.63, 3.8) is 0 Å². The molecule has 0 unspecified atom stereocenters. The summed E-state index contributed by atoms with van der Waals surface area (Å²) in [5.41, 5.74) is 2.20. The van der Waals surface area contributed by atoms with Gasteiger partial charge in [0.25, 0.3) is 0 Å². The summed E-state index contributed by atoms with van der Waals surface area (Å²) in [7, 11) is 1.62. The number of anilines is 1. The summed E-state index contributed by atoms with van der Waals surface area (Å²) in [6.07, 6.45) is 5.25. The van der Waals surface area contributed by atoms with Crippen molar-refractivity contribution in [1.82, 2.24) is 10.2 Å². The molecule has 1 amide bonds. The van der Waals surface area contributed by atoms with Gasteiger partial charge in [0.1, 0.15) is 0 Å². The Morgan fingerprint density at radius 2 is 1.84 bits per heavy atom. The van der Waals surface area contributed by atoms with E-state index in [0.29, 0.717) is 18.9 Å². The van der Waals surface area contributed by atoms with Crippen molar-refractivity contribution in [3.05, 3.63) is 60.2 Å². The fourth-order valence-corrected chi connectivity index (χ4v) is 3.73. The Morgan fingerprint density at radius 1 is 1.06 bits per heavy atom. The van der Waals surface area contributed by atoms with E-state index < -0.39 is 0 Å². The minimum absolute atomic E-state index is 0.0795. The third-order valence-electron chi connectivity index (χ3n) is 5.52. The highest BCUT2D eigenvalue weighted by Gasteiger charge is 2.16. The van der Waals surface area contributed by atoms with E-state index in [0.717, 1.165) is 56.9 Å². The molecule has 32 heavy (non-hydrogen) atoms. The molecule has 0 bridgehead atoms. The zero-order chi connectivity index (χ0) is 22.6. The SMILES string of the molecule is CCCOc1ccc(/C=C/C(=O)NCCCN2CCN(c3ccccc3)CC2)cc1OC. The van der Waals surface area contributed by atoms with Crippen LogP contribution in [-0.4, -0.2) is 63.8 Å². The second-order valence-electron chi connectivity index (χ2n) is 7.90. The number of amides is 1. The van der Waals surface area contributed by atoms with Crippen LogP contribution in [0.15, 0.2) is 54.6 Å². The number of ether oxygens (including phenoxy) is 2. The highest BCUT2D eigenvalue weighted by molar-refractivity contribution is 5.91. The van der Waals surface area contributed by atoms with Crippen LogP contribution in [-0.2, 0) is 4.79 Å². The average Bonchev–Trinajstić information content (AvgIpc) is 2.85. The van der Waals surface area contributed by atoms with Crippen LogP contribution in [0.5, 0.6) is 11.5 Å². The number of methoxy groups -OCH3 is 1. The second-order valence-corrected chi connectivity index (χ2v) is 7.90. The smallest absolute Gasteiger partial charge is 0.243 e. The summed E-state index contributed by atoms with van der Waals surface area (Å²) < 4.78 is 11.1. The van der Waals surface area contributed by atoms with Gasteiger partial charge in [0.05, 0.1) is 13.7 Å². The maximum atomic E-state index is 12.2. The normalized spacial score (nSPS) is 14.5. The lowest BCUT2D eigenvalue weighted by Crippen LogP contribution is -2.47. The number of hydrogen-bond donors (Lipinski definition) is 1. The predicted octanol–water partition coefficient (Wildman–Crippen LogP) is 3.83. The maximum absolute atomic E-state index is 12.2. The van der Waals surface area contributed by atoms with Gasteiger partial charge >= 0.3 is 0 Å². The van der Waals surface area contributed by atoms with Crippen LogP contribution in [0.2, 0.25) is 0 Å². The molecule has 1 fully saturated rings. The lowest BCUT2D eigenvalue weighted by Gasteiger charge is -2.36. The Kier molecular flexibility index (Phi) is 9.44. The number of nitrogens with one attached hydrogen (secondary N) is 1. The first-order valence-corrected chi connectivity index (χ1v) is 11.5. The monoisotopic (exact) mass is 437 g/mol. The average molecular weight is 438 g/mol. The van der Waals surface area contributed by atoms with E-state index >= 15 is 0 Å². The van der Waals surface area contributed by atoms with Gasteiger partial charge in [0.15, 0.2) is 11.5 Å². The first kappa shape index (κ1) is 23.7. The van der Waals surface area contributed by atoms with Crippen LogP contribution in [0.4, 0.5) is 5.69 Å².